The van der Waals surface area contributed by atoms with Crippen LogP contribution in [0.2, 0.25) is 0 Å². The minimum Gasteiger partial charge on any atom is -0.481 e. The number of anilines is 1. The molecule has 0 saturated carbocycles. The number of nitrogens with zero attached hydrogens (tertiary/aromatic N) is 2. The van der Waals surface area contributed by atoms with Gasteiger partial charge in [0, 0.05) is 19.3 Å². The minimum atomic E-state index is -0.954. The van der Waals surface area contributed by atoms with Crippen LogP contribution in [0.15, 0.2) is 12.4 Å². The van der Waals surface area contributed by atoms with Crippen LogP contribution in [0, 0.1) is 5.92 Å². The molecular weight excluding hydrogens is 264 g/mol. The van der Waals surface area contributed by atoms with Crippen LogP contribution in [0.3, 0.4) is 0 Å². The molecule has 0 spiro atoms. The fraction of sp³-hybridized carbons (Fsp3) is 0.583. The quantitative estimate of drug-likeness (QED) is 0.685. The number of aromatic nitrogens is 2. The lowest BCUT2D eigenvalue weighted by Crippen LogP contribution is -2.42. The predicted octanol–water partition coefficient (Wildman–Crippen LogP) is 0.760. The Morgan fingerprint density at radius 1 is 1.50 bits per heavy atom. The van der Waals surface area contributed by atoms with E-state index < -0.39 is 24.0 Å². The van der Waals surface area contributed by atoms with Crippen molar-refractivity contribution in [1.29, 1.82) is 0 Å². The van der Waals surface area contributed by atoms with Crippen LogP contribution < -0.4 is 10.6 Å². The van der Waals surface area contributed by atoms with E-state index in [4.69, 9.17) is 9.84 Å². The normalized spacial score (nSPS) is 13.6. The molecule has 0 aliphatic carbocycles. The average molecular weight is 284 g/mol. The number of carbonyl (C=O) groups is 2. The van der Waals surface area contributed by atoms with Crippen molar-refractivity contribution in [2.24, 2.45) is 5.92 Å². The second-order valence-electron chi connectivity index (χ2n) is 4.50. The van der Waals surface area contributed by atoms with Gasteiger partial charge in [0.05, 0.1) is 31.0 Å². The second-order valence-corrected chi connectivity index (χ2v) is 4.50. The van der Waals surface area contributed by atoms with E-state index in [-0.39, 0.29) is 0 Å². The number of aliphatic carboxylic acids is 1. The van der Waals surface area contributed by atoms with Crippen molar-refractivity contribution in [3.63, 3.8) is 0 Å². The first-order valence-electron chi connectivity index (χ1n) is 6.25. The zero-order valence-corrected chi connectivity index (χ0v) is 11.8. The Kier molecular flexibility index (Phi) is 5.98. The van der Waals surface area contributed by atoms with Crippen LogP contribution >= 0.6 is 0 Å². The third kappa shape index (κ3) is 4.88. The Balaban J connectivity index is 2.46. The molecule has 112 valence electrons. The number of rotatable bonds is 7. The van der Waals surface area contributed by atoms with Crippen LogP contribution in [0.25, 0.3) is 0 Å². The predicted molar refractivity (Wildman–Crippen MR) is 72.5 cm³/mol. The highest BCUT2D eigenvalue weighted by Gasteiger charge is 2.20. The molecule has 0 fully saturated rings. The largest absolute Gasteiger partial charge is 0.481 e. The summed E-state index contributed by atoms with van der Waals surface area (Å²) in [5.74, 6) is -1.62. The van der Waals surface area contributed by atoms with Gasteiger partial charge in [-0.15, -0.1) is 0 Å². The highest BCUT2D eigenvalue weighted by Crippen LogP contribution is 2.06. The number of hydrogen-bond acceptors (Lipinski definition) is 4. The molecule has 1 aromatic rings. The van der Waals surface area contributed by atoms with E-state index in [9.17, 15) is 9.59 Å². The summed E-state index contributed by atoms with van der Waals surface area (Å²) in [5.41, 5.74) is 0.536. The summed E-state index contributed by atoms with van der Waals surface area (Å²) >= 11 is 0. The molecule has 0 aliphatic heterocycles. The topological polar surface area (TPSA) is 105 Å². The maximum atomic E-state index is 11.7. The van der Waals surface area contributed by atoms with Crippen LogP contribution in [0.1, 0.15) is 13.8 Å². The monoisotopic (exact) mass is 284 g/mol. The van der Waals surface area contributed by atoms with Gasteiger partial charge in [0.2, 0.25) is 0 Å². The molecule has 0 radical (unpaired) electrons. The first-order chi connectivity index (χ1) is 9.43. The molecule has 1 heterocycles. The van der Waals surface area contributed by atoms with Gasteiger partial charge in [-0.1, -0.05) is 0 Å². The van der Waals surface area contributed by atoms with Gasteiger partial charge in [0.1, 0.15) is 0 Å². The first-order valence-corrected chi connectivity index (χ1v) is 6.25. The number of amides is 2. The minimum absolute atomic E-state index is 0.461. The van der Waals surface area contributed by atoms with E-state index in [1.807, 2.05) is 0 Å². The van der Waals surface area contributed by atoms with Crippen molar-refractivity contribution < 1.29 is 19.4 Å². The molecule has 0 bridgehead atoms. The molecule has 2 amide bonds. The maximum absolute atomic E-state index is 11.7. The maximum Gasteiger partial charge on any atom is 0.319 e. The van der Waals surface area contributed by atoms with E-state index in [1.54, 1.807) is 24.9 Å². The van der Waals surface area contributed by atoms with Gasteiger partial charge in [-0.3, -0.25) is 9.48 Å². The summed E-state index contributed by atoms with van der Waals surface area (Å²) in [7, 11) is 1.60. The van der Waals surface area contributed by atoms with E-state index in [1.165, 1.54) is 13.1 Å². The molecule has 8 heteroatoms. The third-order valence-corrected chi connectivity index (χ3v) is 2.91. The summed E-state index contributed by atoms with van der Waals surface area (Å²) in [6, 6.07) is -0.937. The molecule has 3 N–H and O–H groups in total. The van der Waals surface area contributed by atoms with Gasteiger partial charge in [-0.25, -0.2) is 4.79 Å². The number of carboxylic acids is 1. The van der Waals surface area contributed by atoms with Gasteiger partial charge in [-0.2, -0.15) is 5.10 Å². The molecule has 0 aliphatic rings. The van der Waals surface area contributed by atoms with E-state index in [0.29, 0.717) is 18.8 Å². The van der Waals surface area contributed by atoms with Crippen LogP contribution in [0.5, 0.6) is 0 Å². The lowest BCUT2D eigenvalue weighted by molar-refractivity contribution is -0.141. The van der Waals surface area contributed by atoms with Crippen molar-refractivity contribution in [2.45, 2.75) is 26.4 Å². The van der Waals surface area contributed by atoms with Gasteiger partial charge in [0.25, 0.3) is 0 Å². The third-order valence-electron chi connectivity index (χ3n) is 2.91. The number of nitrogens with one attached hydrogen (secondary N) is 2. The summed E-state index contributed by atoms with van der Waals surface area (Å²) in [6.07, 6.45) is 3.18. The highest BCUT2D eigenvalue weighted by molar-refractivity contribution is 5.89. The number of ether oxygens (including phenoxy) is 1. The van der Waals surface area contributed by atoms with Crippen molar-refractivity contribution in [1.82, 2.24) is 15.1 Å². The lowest BCUT2D eigenvalue weighted by atomic mass is 10.0. The van der Waals surface area contributed by atoms with Gasteiger partial charge < -0.3 is 20.5 Å². The van der Waals surface area contributed by atoms with Crippen LogP contribution in [-0.2, 0) is 16.1 Å². The molecule has 1 aromatic heterocycles. The Labute approximate surface area is 117 Å². The SMILES string of the molecule is COCCn1cc(NC(=O)NC(C)C(C)C(=O)O)cn1. The molecule has 8 nitrogen and oxygen atoms in total. The Hall–Kier alpha value is -2.09. The van der Waals surface area contributed by atoms with E-state index in [2.05, 4.69) is 15.7 Å². The lowest BCUT2D eigenvalue weighted by Gasteiger charge is -2.17. The number of urea groups is 1. The first kappa shape index (κ1) is 16.0. The molecular formula is C12H20N4O4. The fourth-order valence-electron chi connectivity index (χ4n) is 1.45. The van der Waals surface area contributed by atoms with Gasteiger partial charge in [0.15, 0.2) is 0 Å². The second kappa shape index (κ2) is 7.49. The molecule has 0 saturated heterocycles. The van der Waals surface area contributed by atoms with Gasteiger partial charge in [-0.05, 0) is 13.8 Å². The van der Waals surface area contributed by atoms with Crippen LogP contribution in [0.4, 0.5) is 10.5 Å². The summed E-state index contributed by atoms with van der Waals surface area (Å²) in [6.45, 7) is 4.29. The molecule has 2 atom stereocenters. The fourth-order valence-corrected chi connectivity index (χ4v) is 1.45. The number of carboxylic acid groups (broad SMARTS) is 1. The Bertz CT molecular complexity index is 460. The zero-order chi connectivity index (χ0) is 15.1. The highest BCUT2D eigenvalue weighted by atomic mass is 16.5. The van der Waals surface area contributed by atoms with Crippen LogP contribution in [-0.4, -0.2) is 46.6 Å². The van der Waals surface area contributed by atoms with E-state index >= 15 is 0 Å². The smallest absolute Gasteiger partial charge is 0.319 e. The number of methoxy groups -OCH3 is 1. The Morgan fingerprint density at radius 3 is 2.80 bits per heavy atom. The van der Waals surface area contributed by atoms with Crippen molar-refractivity contribution in [2.75, 3.05) is 19.0 Å². The summed E-state index contributed by atoms with van der Waals surface area (Å²) in [4.78, 5) is 22.5. The Morgan fingerprint density at radius 2 is 2.20 bits per heavy atom. The van der Waals surface area contributed by atoms with Crippen molar-refractivity contribution in [3.05, 3.63) is 12.4 Å². The molecule has 0 aromatic carbocycles. The van der Waals surface area contributed by atoms with Crippen molar-refractivity contribution >= 4 is 17.7 Å². The van der Waals surface area contributed by atoms with Crippen molar-refractivity contribution in [3.8, 4) is 0 Å². The van der Waals surface area contributed by atoms with E-state index in [0.717, 1.165) is 0 Å². The molecule has 1 rings (SSSR count). The summed E-state index contributed by atoms with van der Waals surface area (Å²) in [5, 5.41) is 18.1. The standard InChI is InChI=1S/C12H20N4O4/c1-8(11(17)18)9(2)14-12(19)15-10-6-13-16(7-10)4-5-20-3/h6-9H,4-5H2,1-3H3,(H,17,18)(H2,14,15,19). The molecule has 2 unspecified atom stereocenters. The number of carbonyl (C=O) groups excluding carboxylic acids is 1. The average Bonchev–Trinajstić information content (AvgIpc) is 2.82. The number of hydrogen-bond donors (Lipinski definition) is 3. The zero-order valence-electron chi connectivity index (χ0n) is 11.8. The molecule has 20 heavy (non-hydrogen) atoms. The van der Waals surface area contributed by atoms with Gasteiger partial charge >= 0.3 is 12.0 Å². The summed E-state index contributed by atoms with van der Waals surface area (Å²) < 4.78 is 6.56.